The van der Waals surface area contributed by atoms with Crippen LogP contribution in [0.2, 0.25) is 0 Å². The summed E-state index contributed by atoms with van der Waals surface area (Å²) in [4.78, 5) is 14.9. The molecule has 0 aliphatic carbocycles. The number of oxime groups is 1. The Bertz CT molecular complexity index is 154. The van der Waals surface area contributed by atoms with Gasteiger partial charge in [-0.1, -0.05) is 12.1 Å². The van der Waals surface area contributed by atoms with Crippen molar-refractivity contribution in [3.05, 3.63) is 0 Å². The standard InChI is InChI=1S/C7H13NO3/c1-3-4-11-8-6(2)5-7(9)10/h3-5H2,1-2H3,(H,9,10)/b8-6+. The molecule has 64 valence electrons. The van der Waals surface area contributed by atoms with Crippen LogP contribution in [0.15, 0.2) is 5.16 Å². The van der Waals surface area contributed by atoms with E-state index in [-0.39, 0.29) is 6.42 Å². The number of rotatable bonds is 5. The molecule has 0 aliphatic rings. The molecule has 0 aliphatic heterocycles. The lowest BCUT2D eigenvalue weighted by Crippen LogP contribution is -2.03. The zero-order chi connectivity index (χ0) is 8.69. The van der Waals surface area contributed by atoms with E-state index in [1.807, 2.05) is 6.92 Å². The van der Waals surface area contributed by atoms with E-state index in [0.717, 1.165) is 6.42 Å². The highest BCUT2D eigenvalue weighted by Crippen LogP contribution is 1.88. The molecule has 0 saturated carbocycles. The van der Waals surface area contributed by atoms with Crippen molar-refractivity contribution in [1.82, 2.24) is 0 Å². The summed E-state index contributed by atoms with van der Waals surface area (Å²) in [5, 5.41) is 11.9. The predicted molar refractivity (Wildman–Crippen MR) is 41.6 cm³/mol. The SMILES string of the molecule is CCCO/N=C(\C)CC(=O)O. The molecule has 0 bridgehead atoms. The van der Waals surface area contributed by atoms with Crippen LogP contribution in [-0.2, 0) is 9.63 Å². The Kier molecular flexibility index (Phi) is 5.15. The molecule has 0 heterocycles. The van der Waals surface area contributed by atoms with Crippen molar-refractivity contribution in [3.8, 4) is 0 Å². The van der Waals surface area contributed by atoms with E-state index in [1.54, 1.807) is 6.92 Å². The topological polar surface area (TPSA) is 58.9 Å². The molecular formula is C7H13NO3. The normalized spacial score (nSPS) is 11.3. The summed E-state index contributed by atoms with van der Waals surface area (Å²) in [6.07, 6.45) is 0.827. The van der Waals surface area contributed by atoms with Gasteiger partial charge in [-0.25, -0.2) is 0 Å². The fraction of sp³-hybridized carbons (Fsp3) is 0.714. The van der Waals surface area contributed by atoms with Gasteiger partial charge in [0.2, 0.25) is 0 Å². The highest BCUT2D eigenvalue weighted by molar-refractivity contribution is 5.96. The predicted octanol–water partition coefficient (Wildman–Crippen LogP) is 1.26. The van der Waals surface area contributed by atoms with Crippen LogP contribution in [0.3, 0.4) is 0 Å². The molecule has 11 heavy (non-hydrogen) atoms. The zero-order valence-corrected chi connectivity index (χ0v) is 6.83. The van der Waals surface area contributed by atoms with Crippen LogP contribution in [0.25, 0.3) is 0 Å². The monoisotopic (exact) mass is 159 g/mol. The van der Waals surface area contributed by atoms with Gasteiger partial charge in [-0.2, -0.15) is 0 Å². The van der Waals surface area contributed by atoms with Crippen molar-refractivity contribution >= 4 is 11.7 Å². The molecule has 0 rings (SSSR count). The first-order chi connectivity index (χ1) is 5.16. The van der Waals surface area contributed by atoms with Crippen molar-refractivity contribution in [2.45, 2.75) is 26.7 Å². The Morgan fingerprint density at radius 2 is 2.27 bits per heavy atom. The summed E-state index contributed by atoms with van der Waals surface area (Å²) in [5.41, 5.74) is 0.492. The lowest BCUT2D eigenvalue weighted by atomic mass is 10.3. The quantitative estimate of drug-likeness (QED) is 0.373. The number of hydrogen-bond donors (Lipinski definition) is 1. The molecule has 4 nitrogen and oxygen atoms in total. The number of carboxylic acids is 1. The second kappa shape index (κ2) is 5.70. The van der Waals surface area contributed by atoms with Gasteiger partial charge in [-0.3, -0.25) is 4.79 Å². The summed E-state index contributed by atoms with van der Waals surface area (Å²) in [5.74, 6) is -0.883. The van der Waals surface area contributed by atoms with E-state index in [9.17, 15) is 4.79 Å². The summed E-state index contributed by atoms with van der Waals surface area (Å²) in [6, 6.07) is 0. The van der Waals surface area contributed by atoms with Crippen LogP contribution < -0.4 is 0 Å². The van der Waals surface area contributed by atoms with Crippen LogP contribution in [0, 0.1) is 0 Å². The third-order valence-electron chi connectivity index (χ3n) is 0.923. The average molecular weight is 159 g/mol. The van der Waals surface area contributed by atoms with Gasteiger partial charge in [-0.15, -0.1) is 0 Å². The Labute approximate surface area is 65.8 Å². The van der Waals surface area contributed by atoms with Crippen LogP contribution in [0.5, 0.6) is 0 Å². The van der Waals surface area contributed by atoms with Gasteiger partial charge in [0.05, 0.1) is 12.1 Å². The minimum Gasteiger partial charge on any atom is -0.481 e. The second-order valence-electron chi connectivity index (χ2n) is 2.23. The van der Waals surface area contributed by atoms with Crippen molar-refractivity contribution in [2.75, 3.05) is 6.61 Å². The second-order valence-corrected chi connectivity index (χ2v) is 2.23. The summed E-state index contributed by atoms with van der Waals surface area (Å²) < 4.78 is 0. The minimum atomic E-state index is -0.883. The van der Waals surface area contributed by atoms with E-state index in [0.29, 0.717) is 12.3 Å². The smallest absolute Gasteiger partial charge is 0.309 e. The molecule has 0 amide bonds. The van der Waals surface area contributed by atoms with E-state index in [4.69, 9.17) is 9.94 Å². The number of nitrogens with zero attached hydrogens (tertiary/aromatic N) is 1. The lowest BCUT2D eigenvalue weighted by molar-refractivity contribution is -0.135. The van der Waals surface area contributed by atoms with Crippen LogP contribution in [0.1, 0.15) is 26.7 Å². The number of carboxylic acid groups (broad SMARTS) is 1. The Morgan fingerprint density at radius 1 is 1.64 bits per heavy atom. The summed E-state index contributed by atoms with van der Waals surface area (Å²) in [7, 11) is 0. The van der Waals surface area contributed by atoms with Crippen LogP contribution in [-0.4, -0.2) is 23.4 Å². The first-order valence-corrected chi connectivity index (χ1v) is 3.54. The van der Waals surface area contributed by atoms with E-state index in [1.165, 1.54) is 0 Å². The van der Waals surface area contributed by atoms with Crippen LogP contribution in [0.4, 0.5) is 0 Å². The van der Waals surface area contributed by atoms with Crippen molar-refractivity contribution in [2.24, 2.45) is 5.16 Å². The molecule has 0 atom stereocenters. The third-order valence-corrected chi connectivity index (χ3v) is 0.923. The van der Waals surface area contributed by atoms with Gasteiger partial charge in [-0.05, 0) is 13.3 Å². The number of carbonyl (C=O) groups is 1. The first-order valence-electron chi connectivity index (χ1n) is 3.54. The van der Waals surface area contributed by atoms with Gasteiger partial charge in [0.1, 0.15) is 6.61 Å². The van der Waals surface area contributed by atoms with Crippen molar-refractivity contribution in [1.29, 1.82) is 0 Å². The fourth-order valence-electron chi connectivity index (χ4n) is 0.498. The molecule has 4 heteroatoms. The van der Waals surface area contributed by atoms with Gasteiger partial charge in [0.15, 0.2) is 0 Å². The summed E-state index contributed by atoms with van der Waals surface area (Å²) >= 11 is 0. The molecular weight excluding hydrogens is 146 g/mol. The molecule has 0 fully saturated rings. The minimum absolute atomic E-state index is 0.0519. The highest BCUT2D eigenvalue weighted by atomic mass is 16.6. The molecule has 0 aromatic carbocycles. The number of aliphatic carboxylic acids is 1. The molecule has 1 N–H and O–H groups in total. The fourth-order valence-corrected chi connectivity index (χ4v) is 0.498. The highest BCUT2D eigenvalue weighted by Gasteiger charge is 1.99. The first kappa shape index (κ1) is 9.94. The van der Waals surface area contributed by atoms with Gasteiger partial charge in [0, 0.05) is 0 Å². The molecule has 0 aromatic heterocycles. The van der Waals surface area contributed by atoms with Gasteiger partial charge >= 0.3 is 5.97 Å². The van der Waals surface area contributed by atoms with E-state index >= 15 is 0 Å². The van der Waals surface area contributed by atoms with Gasteiger partial charge < -0.3 is 9.94 Å². The lowest BCUT2D eigenvalue weighted by Gasteiger charge is -1.96. The van der Waals surface area contributed by atoms with E-state index in [2.05, 4.69) is 5.16 Å². The largest absolute Gasteiger partial charge is 0.481 e. The molecule has 0 spiro atoms. The zero-order valence-electron chi connectivity index (χ0n) is 6.83. The molecule has 0 unspecified atom stereocenters. The molecule has 0 saturated heterocycles. The Hall–Kier alpha value is -1.06. The van der Waals surface area contributed by atoms with Gasteiger partial charge in [0.25, 0.3) is 0 Å². The maximum atomic E-state index is 10.1. The van der Waals surface area contributed by atoms with Crippen molar-refractivity contribution in [3.63, 3.8) is 0 Å². The maximum Gasteiger partial charge on any atom is 0.309 e. The van der Waals surface area contributed by atoms with Crippen molar-refractivity contribution < 1.29 is 14.7 Å². The van der Waals surface area contributed by atoms with Crippen LogP contribution >= 0.6 is 0 Å². The summed E-state index contributed by atoms with van der Waals surface area (Å²) in [6.45, 7) is 4.13. The Morgan fingerprint density at radius 3 is 2.73 bits per heavy atom. The average Bonchev–Trinajstić information content (AvgIpc) is 1.86. The number of hydrogen-bond acceptors (Lipinski definition) is 3. The maximum absolute atomic E-state index is 10.1. The third kappa shape index (κ3) is 6.83. The molecule has 0 radical (unpaired) electrons. The molecule has 0 aromatic rings. The van der Waals surface area contributed by atoms with E-state index < -0.39 is 5.97 Å². The Balaban J connectivity index is 3.54.